The Hall–Kier alpha value is -1.57. The van der Waals surface area contributed by atoms with E-state index >= 15 is 0 Å². The maximum absolute atomic E-state index is 10.9. The molecule has 2 fully saturated rings. The van der Waals surface area contributed by atoms with Crippen LogP contribution in [0, 0.1) is 31.1 Å². The molecule has 0 aromatic rings. The van der Waals surface area contributed by atoms with Gasteiger partial charge < -0.3 is 29.6 Å². The van der Waals surface area contributed by atoms with Crippen LogP contribution in [0.3, 0.4) is 0 Å². The van der Waals surface area contributed by atoms with E-state index in [0.717, 1.165) is 6.29 Å². The number of carbonyl (C=O) groups excluding carboxylic acids is 6. The number of carbonyl (C=O) groups is 5. The van der Waals surface area contributed by atoms with Gasteiger partial charge in [0.15, 0.2) is 0 Å². The van der Waals surface area contributed by atoms with Gasteiger partial charge >= 0.3 is 37.1 Å². The monoisotopic (exact) mass is 536 g/mol. The van der Waals surface area contributed by atoms with Crippen LogP contribution in [0.4, 0.5) is 0 Å². The summed E-state index contributed by atoms with van der Waals surface area (Å²) in [7, 11) is 0. The van der Waals surface area contributed by atoms with Crippen molar-refractivity contribution in [2.75, 3.05) is 0 Å². The van der Waals surface area contributed by atoms with E-state index in [-0.39, 0.29) is 60.8 Å². The molecule has 0 radical (unpaired) electrons. The van der Waals surface area contributed by atoms with E-state index in [1.54, 1.807) is 0 Å². The Morgan fingerprint density at radius 2 is 1.55 bits per heavy atom. The molecular formula is C11H10N2O8U. The number of nitrogens with zero attached hydrogens (tertiary/aromatic N) is 2. The van der Waals surface area contributed by atoms with Crippen molar-refractivity contribution in [3.63, 3.8) is 0 Å². The zero-order chi connectivity index (χ0) is 16.0. The molecule has 2 aliphatic heterocycles. The number of rotatable bonds is 3. The number of hydrogen-bond donors (Lipinski definition) is 1. The van der Waals surface area contributed by atoms with Gasteiger partial charge in [0.05, 0.1) is 17.9 Å². The first kappa shape index (κ1) is 20.4. The summed E-state index contributed by atoms with van der Waals surface area (Å²) in [6, 6.07) is 0. The van der Waals surface area contributed by atoms with Gasteiger partial charge in [-0.05, 0) is 12.8 Å². The maximum atomic E-state index is 10.9. The summed E-state index contributed by atoms with van der Waals surface area (Å²) >= 11 is 0. The van der Waals surface area contributed by atoms with E-state index in [2.05, 4.69) is 10.2 Å². The molecule has 1 atom stereocenters. The second-order valence-electron chi connectivity index (χ2n) is 3.91. The third-order valence-electron chi connectivity index (χ3n) is 2.32. The topological polar surface area (TPSA) is 149 Å². The van der Waals surface area contributed by atoms with Crippen molar-refractivity contribution in [2.24, 2.45) is 0 Å². The fourth-order valence-corrected chi connectivity index (χ4v) is 1.31. The third-order valence-corrected chi connectivity index (χ3v) is 2.32. The molecule has 22 heavy (non-hydrogen) atoms. The van der Waals surface area contributed by atoms with Crippen molar-refractivity contribution in [3.05, 3.63) is 5.32 Å². The minimum Gasteiger partial charge on any atom is -0.596 e. The van der Waals surface area contributed by atoms with E-state index in [4.69, 9.17) is 5.11 Å². The predicted octanol–water partition coefficient (Wildman–Crippen LogP) is -1.73. The Labute approximate surface area is 147 Å². The van der Waals surface area contributed by atoms with Gasteiger partial charge in [0, 0.05) is 12.8 Å². The largest absolute Gasteiger partial charge is 2.00 e. The standard InChI is InChI=1S/C7H6NO6.C4H5NO2.U/c9-3-4(10)7(13)14-8-5(11)1-2-6(8)12;6-3-1-2-4(7)5-3;/h4,10H,1-2H2;1-2H2,(H,5,6,7);/q-1;;+2/p-1. The smallest absolute Gasteiger partial charge is 0.596 e. The van der Waals surface area contributed by atoms with E-state index in [0.29, 0.717) is 12.8 Å². The van der Waals surface area contributed by atoms with Crippen LogP contribution in [0.15, 0.2) is 0 Å². The molecule has 1 unspecified atom stereocenters. The van der Waals surface area contributed by atoms with Crippen LogP contribution >= 0.6 is 0 Å². The molecule has 0 aliphatic carbocycles. The Kier molecular flexibility index (Phi) is 8.78. The van der Waals surface area contributed by atoms with Crippen LogP contribution in [0.5, 0.6) is 0 Å². The molecule has 2 aliphatic rings. The van der Waals surface area contributed by atoms with Crippen LogP contribution in [-0.4, -0.2) is 52.2 Å². The number of hydroxylamine groups is 2. The summed E-state index contributed by atoms with van der Waals surface area (Å²) in [6.07, 6.45) is -0.611. The molecule has 2 rings (SSSR count). The number of imide groups is 2. The van der Waals surface area contributed by atoms with Crippen molar-refractivity contribution < 1.29 is 69.8 Å². The van der Waals surface area contributed by atoms with Gasteiger partial charge in [-0.25, -0.2) is 11.1 Å². The van der Waals surface area contributed by atoms with E-state index < -0.39 is 23.9 Å². The van der Waals surface area contributed by atoms with Gasteiger partial charge in [-0.2, -0.15) is 0 Å². The fraction of sp³-hybridized carbons (Fsp3) is 0.455. The molecule has 0 aromatic heterocycles. The van der Waals surface area contributed by atoms with Crippen LogP contribution in [0.25, 0.3) is 5.32 Å². The van der Waals surface area contributed by atoms with Crippen molar-refractivity contribution in [3.8, 4) is 0 Å². The first-order valence-corrected chi connectivity index (χ1v) is 5.76. The average molecular weight is 536 g/mol. The molecular weight excluding hydrogens is 526 g/mol. The second kappa shape index (κ2) is 9.45. The number of aliphatic hydroxyl groups is 1. The van der Waals surface area contributed by atoms with Gasteiger partial charge in [0.2, 0.25) is 0 Å². The number of aliphatic hydroxyl groups excluding tert-OH is 1. The number of hydrogen-bond acceptors (Lipinski definition) is 8. The van der Waals surface area contributed by atoms with Crippen LogP contribution in [0.1, 0.15) is 25.7 Å². The summed E-state index contributed by atoms with van der Waals surface area (Å²) in [4.78, 5) is 66.6. The van der Waals surface area contributed by atoms with Gasteiger partial charge in [-0.3, -0.25) is 9.59 Å². The van der Waals surface area contributed by atoms with Crippen molar-refractivity contribution in [2.45, 2.75) is 31.8 Å². The van der Waals surface area contributed by atoms with Gasteiger partial charge in [-0.1, -0.05) is 0 Å². The van der Waals surface area contributed by atoms with E-state index in [1.807, 2.05) is 0 Å². The number of amides is 4. The zero-order valence-electron chi connectivity index (χ0n) is 11.1. The maximum Gasteiger partial charge on any atom is 2.00 e. The van der Waals surface area contributed by atoms with Gasteiger partial charge in [0.1, 0.15) is 0 Å². The van der Waals surface area contributed by atoms with Crippen molar-refractivity contribution >= 4 is 35.9 Å². The molecule has 0 saturated carbocycles. The normalized spacial score (nSPS) is 18.0. The van der Waals surface area contributed by atoms with Crippen molar-refractivity contribution in [1.82, 2.24) is 5.06 Å². The second-order valence-corrected chi connectivity index (χ2v) is 3.91. The molecule has 0 aromatic carbocycles. The molecule has 2 saturated heterocycles. The molecule has 4 amide bonds. The Morgan fingerprint density at radius 3 is 1.86 bits per heavy atom. The van der Waals surface area contributed by atoms with Crippen molar-refractivity contribution in [1.29, 1.82) is 0 Å². The quantitative estimate of drug-likeness (QED) is 0.254. The van der Waals surface area contributed by atoms with Crippen LogP contribution in [0.2, 0.25) is 0 Å². The summed E-state index contributed by atoms with van der Waals surface area (Å²) in [5.74, 6) is -3.30. The SMILES string of the molecule is O=C1CCC(=O)[N-]1.O=[C-]C(O)C(=O)ON1C(=O)CCC1=O.[U+2]. The van der Waals surface area contributed by atoms with Crippen LogP contribution in [-0.2, 0) is 33.6 Å². The third kappa shape index (κ3) is 6.05. The molecule has 0 bridgehead atoms. The van der Waals surface area contributed by atoms with Crippen LogP contribution < -0.4 is 0 Å². The zero-order valence-corrected chi connectivity index (χ0v) is 15.3. The Balaban J connectivity index is 0.000000465. The first-order valence-electron chi connectivity index (χ1n) is 5.76. The van der Waals surface area contributed by atoms with Gasteiger partial charge in [-0.15, -0.1) is 5.06 Å². The molecule has 11 heteroatoms. The van der Waals surface area contributed by atoms with Gasteiger partial charge in [0.25, 0.3) is 11.8 Å². The van der Waals surface area contributed by atoms with E-state index in [9.17, 15) is 28.8 Å². The Bertz CT molecular complexity index is 476. The molecule has 116 valence electrons. The molecule has 10 nitrogen and oxygen atoms in total. The molecule has 1 N–H and O–H groups in total. The Morgan fingerprint density at radius 1 is 1.09 bits per heavy atom. The minimum atomic E-state index is -2.10. The summed E-state index contributed by atoms with van der Waals surface area (Å²) in [5, 5.41) is 12.0. The summed E-state index contributed by atoms with van der Waals surface area (Å²) in [5.41, 5.74) is 0. The summed E-state index contributed by atoms with van der Waals surface area (Å²) in [6.45, 7) is 0. The summed E-state index contributed by atoms with van der Waals surface area (Å²) < 4.78 is 0. The molecule has 2 heterocycles. The first-order chi connectivity index (χ1) is 9.85. The predicted molar refractivity (Wildman–Crippen MR) is 61.5 cm³/mol. The van der Waals surface area contributed by atoms with E-state index in [1.165, 1.54) is 0 Å². The fourth-order valence-electron chi connectivity index (χ4n) is 1.31. The molecule has 0 spiro atoms. The average Bonchev–Trinajstić information content (AvgIpc) is 2.97. The minimum absolute atomic E-state index is 0.